The van der Waals surface area contributed by atoms with Crippen LogP contribution in [0.25, 0.3) is 0 Å². The first kappa shape index (κ1) is 28.4. The quantitative estimate of drug-likeness (QED) is 0.225. The normalized spacial score (nSPS) is 34.5. The van der Waals surface area contributed by atoms with E-state index in [1.165, 1.54) is 28.5 Å². The van der Waals surface area contributed by atoms with E-state index in [0.717, 1.165) is 0 Å². The van der Waals surface area contributed by atoms with Crippen LogP contribution in [0.2, 0.25) is 0 Å². The van der Waals surface area contributed by atoms with Gasteiger partial charge in [-0.1, -0.05) is 13.8 Å². The summed E-state index contributed by atoms with van der Waals surface area (Å²) in [7, 11) is 3.39. The number of aliphatic hydroxyl groups is 1. The van der Waals surface area contributed by atoms with Crippen LogP contribution in [0.15, 0.2) is 10.6 Å². The van der Waals surface area contributed by atoms with Crippen LogP contribution >= 0.6 is 11.8 Å². The molecule has 10 atom stereocenters. The maximum Gasteiger partial charge on any atom is 0.353 e. The Hall–Kier alpha value is -2.64. The van der Waals surface area contributed by atoms with Gasteiger partial charge in [0.05, 0.1) is 42.0 Å². The number of rotatable bonds is 9. The fourth-order valence-electron chi connectivity index (χ4n) is 6.15. The topological polar surface area (TPSA) is 168 Å². The zero-order chi connectivity index (χ0) is 28.2. The minimum atomic E-state index is -1.17. The molecule has 4 unspecified atom stereocenters. The lowest BCUT2D eigenvalue weighted by Gasteiger charge is -2.48. The van der Waals surface area contributed by atoms with Crippen molar-refractivity contribution >= 4 is 41.4 Å². The molecule has 4 rings (SSSR count). The first-order valence-electron chi connectivity index (χ1n) is 13.0. The van der Waals surface area contributed by atoms with E-state index in [2.05, 4.69) is 16.0 Å². The number of nitrogens with zero attached hydrogens (tertiary/aromatic N) is 2. The summed E-state index contributed by atoms with van der Waals surface area (Å²) in [5.74, 6) is -4.32. The smallest absolute Gasteiger partial charge is 0.353 e. The highest BCUT2D eigenvalue weighted by Gasteiger charge is 2.61. The number of carboxylic acid groups (broad SMARTS) is 1. The molecule has 0 saturated carbocycles. The summed E-state index contributed by atoms with van der Waals surface area (Å²) >= 11 is 1.41. The molecular weight excluding hydrogens is 514 g/mol. The number of nitrogens with one attached hydrogen (secondary N) is 3. The Morgan fingerprint density at radius 3 is 2.37 bits per heavy atom. The van der Waals surface area contributed by atoms with E-state index in [1.807, 2.05) is 6.92 Å². The fourth-order valence-corrected chi connectivity index (χ4v) is 7.63. The molecular formula is C25H37N5O7S. The van der Waals surface area contributed by atoms with Gasteiger partial charge in [-0.3, -0.25) is 19.2 Å². The predicted octanol–water partition coefficient (Wildman–Crippen LogP) is -1.05. The Morgan fingerprint density at radius 1 is 1.16 bits per heavy atom. The lowest BCUT2D eigenvalue weighted by atomic mass is 9.76. The van der Waals surface area contributed by atoms with E-state index in [1.54, 1.807) is 27.9 Å². The first-order valence-corrected chi connectivity index (χ1v) is 13.8. The van der Waals surface area contributed by atoms with Crippen molar-refractivity contribution in [1.29, 1.82) is 0 Å². The van der Waals surface area contributed by atoms with E-state index in [0.29, 0.717) is 17.9 Å². The summed E-state index contributed by atoms with van der Waals surface area (Å²) in [5, 5.41) is 28.6. The molecule has 3 saturated heterocycles. The highest BCUT2D eigenvalue weighted by Crippen LogP contribution is 2.52. The average Bonchev–Trinajstić information content (AvgIpc) is 3.37. The number of aliphatic hydroxyl groups excluding tert-OH is 1. The Balaban J connectivity index is 1.42. The van der Waals surface area contributed by atoms with Gasteiger partial charge in [-0.25, -0.2) is 4.79 Å². The number of hydrogen-bond acceptors (Lipinski definition) is 8. The van der Waals surface area contributed by atoms with Gasteiger partial charge in [0.2, 0.25) is 23.6 Å². The Labute approximate surface area is 225 Å². The number of fused-ring (bicyclic) bond motifs is 1. The molecule has 13 heteroatoms. The van der Waals surface area contributed by atoms with Crippen LogP contribution in [0.5, 0.6) is 0 Å². The van der Waals surface area contributed by atoms with Crippen molar-refractivity contribution in [2.75, 3.05) is 20.6 Å². The van der Waals surface area contributed by atoms with Gasteiger partial charge >= 0.3 is 5.97 Å². The van der Waals surface area contributed by atoms with Crippen molar-refractivity contribution in [2.24, 2.45) is 23.7 Å². The number of amides is 4. The molecule has 0 radical (unpaired) electrons. The van der Waals surface area contributed by atoms with Crippen molar-refractivity contribution in [3.8, 4) is 0 Å². The average molecular weight is 552 g/mol. The zero-order valence-electron chi connectivity index (χ0n) is 22.4. The maximum absolute atomic E-state index is 13.2. The highest BCUT2D eigenvalue weighted by atomic mass is 32.2. The lowest BCUT2D eigenvalue weighted by molar-refractivity contribution is -0.158. The number of carboxylic acids is 1. The van der Waals surface area contributed by atoms with Crippen LogP contribution in [0.4, 0.5) is 0 Å². The van der Waals surface area contributed by atoms with Crippen molar-refractivity contribution in [2.45, 2.75) is 69.6 Å². The number of aliphatic carboxylic acids is 1. The zero-order valence-corrected chi connectivity index (χ0v) is 23.2. The Kier molecular flexibility index (Phi) is 7.84. The highest BCUT2D eigenvalue weighted by molar-refractivity contribution is 8.03. The molecule has 5 N–H and O–H groups in total. The van der Waals surface area contributed by atoms with Crippen LogP contribution in [-0.4, -0.2) is 106 Å². The molecule has 3 fully saturated rings. The predicted molar refractivity (Wildman–Crippen MR) is 138 cm³/mol. The fraction of sp³-hybridized carbons (Fsp3) is 0.720. The van der Waals surface area contributed by atoms with Gasteiger partial charge in [-0.05, 0) is 20.3 Å². The summed E-state index contributed by atoms with van der Waals surface area (Å²) in [6.07, 6.45) is -0.326. The molecule has 4 amide bonds. The van der Waals surface area contributed by atoms with Gasteiger partial charge in [-0.2, -0.15) is 0 Å². The number of thioether (sulfide) groups is 1. The monoisotopic (exact) mass is 551 g/mol. The molecule has 0 spiro atoms. The third kappa shape index (κ3) is 4.68. The summed E-state index contributed by atoms with van der Waals surface area (Å²) < 4.78 is 0. The second-order valence-electron chi connectivity index (χ2n) is 11.1. The van der Waals surface area contributed by atoms with E-state index in [9.17, 15) is 34.2 Å². The number of hydrogen-bond donors (Lipinski definition) is 5. The second kappa shape index (κ2) is 10.5. The van der Waals surface area contributed by atoms with Gasteiger partial charge in [-0.15, -0.1) is 11.8 Å². The molecule has 0 bridgehead atoms. The van der Waals surface area contributed by atoms with Gasteiger partial charge in [0.1, 0.15) is 5.70 Å². The van der Waals surface area contributed by atoms with E-state index >= 15 is 0 Å². The number of carbonyl (C=O) groups excluding carboxylic acids is 4. The maximum atomic E-state index is 13.2. The van der Waals surface area contributed by atoms with Crippen LogP contribution in [0, 0.1) is 23.7 Å². The molecule has 4 aliphatic heterocycles. The first-order chi connectivity index (χ1) is 17.8. The van der Waals surface area contributed by atoms with Gasteiger partial charge in [0.15, 0.2) is 0 Å². The molecule has 0 aromatic rings. The molecule has 12 nitrogen and oxygen atoms in total. The standard InChI is InChI=1S/C25H37N5O7S/c1-9(17-16(12(4)31)22(33)28-17)21(32)27-11(3)15-18-10(2)20(19(25(36)37)30(18)24(15)35)38-13-7-14(26-8-13)23(34)29(5)6/h9-18,26,31H,7-8H2,1-6H3,(H,27,32)(H,28,33)(H,36,37)/t9-,10-,11-,12?,13+,14?,15-,16?,17?,18-/m1/s1. The molecule has 38 heavy (non-hydrogen) atoms. The summed E-state index contributed by atoms with van der Waals surface area (Å²) in [4.78, 5) is 66.0. The van der Waals surface area contributed by atoms with E-state index in [4.69, 9.17) is 0 Å². The largest absolute Gasteiger partial charge is 0.477 e. The lowest BCUT2D eigenvalue weighted by Crippen LogP contribution is -2.68. The Morgan fingerprint density at radius 2 is 1.82 bits per heavy atom. The van der Waals surface area contributed by atoms with Gasteiger partial charge < -0.3 is 36.0 Å². The summed E-state index contributed by atoms with van der Waals surface area (Å²) in [6.45, 7) is 7.35. The van der Waals surface area contributed by atoms with Crippen LogP contribution in [-0.2, 0) is 24.0 Å². The summed E-state index contributed by atoms with van der Waals surface area (Å²) in [6, 6.07) is -1.79. The molecule has 0 aromatic carbocycles. The second-order valence-corrected chi connectivity index (χ2v) is 12.4. The number of likely N-dealkylation sites (N-methyl/N-ethyl adjacent to an activating group) is 1. The SMILES string of the molecule is CC(O)C1C(=O)NC1[C@@H](C)C(=O)N[C@H](C)[C@H]1C(=O)N2C(C(=O)O)=C(S[C@@H]3CNC(C(=O)N(C)C)C3)[C@H](C)[C@H]12. The van der Waals surface area contributed by atoms with Crippen molar-refractivity contribution < 1.29 is 34.2 Å². The number of β-lactam (4-membered cyclic amide) rings is 2. The Bertz CT molecular complexity index is 1080. The minimum absolute atomic E-state index is 0.0134. The number of carbonyl (C=O) groups is 5. The van der Waals surface area contributed by atoms with E-state index < -0.39 is 48.0 Å². The minimum Gasteiger partial charge on any atom is -0.477 e. The molecule has 4 heterocycles. The van der Waals surface area contributed by atoms with Gasteiger partial charge in [0.25, 0.3) is 0 Å². The summed E-state index contributed by atoms with van der Waals surface area (Å²) in [5.41, 5.74) is -0.0139. The van der Waals surface area contributed by atoms with Gasteiger partial charge in [0, 0.05) is 42.8 Å². The van der Waals surface area contributed by atoms with Crippen LogP contribution in [0.1, 0.15) is 34.1 Å². The van der Waals surface area contributed by atoms with Crippen LogP contribution < -0.4 is 16.0 Å². The van der Waals surface area contributed by atoms with Crippen molar-refractivity contribution in [3.63, 3.8) is 0 Å². The van der Waals surface area contributed by atoms with Crippen LogP contribution in [0.3, 0.4) is 0 Å². The third-order valence-electron chi connectivity index (χ3n) is 8.29. The van der Waals surface area contributed by atoms with Crippen molar-refractivity contribution in [1.82, 2.24) is 25.8 Å². The molecule has 210 valence electrons. The molecule has 4 aliphatic rings. The molecule has 0 aromatic heterocycles. The van der Waals surface area contributed by atoms with E-state index in [-0.39, 0.29) is 46.5 Å². The molecule has 0 aliphatic carbocycles. The van der Waals surface area contributed by atoms with Crippen molar-refractivity contribution in [3.05, 3.63) is 10.6 Å². The third-order valence-corrected chi connectivity index (χ3v) is 9.81.